The molecule has 5 rings (SSSR count). The third kappa shape index (κ3) is 4.00. The van der Waals surface area contributed by atoms with Gasteiger partial charge in [0.15, 0.2) is 10.1 Å². The Morgan fingerprint density at radius 1 is 1.15 bits per heavy atom. The molecule has 0 radical (unpaired) electrons. The maximum atomic E-state index is 14.8. The fourth-order valence-electron chi connectivity index (χ4n) is 4.40. The van der Waals surface area contributed by atoms with Crippen LogP contribution in [0.2, 0.25) is 0 Å². The number of aromatic nitrogens is 2. The topological polar surface area (TPSA) is 95.9 Å². The minimum atomic E-state index is -0.829. The largest absolute Gasteiger partial charge is 0.384 e. The molecule has 3 aromatic rings. The van der Waals surface area contributed by atoms with Gasteiger partial charge >= 0.3 is 0 Å². The van der Waals surface area contributed by atoms with Crippen molar-refractivity contribution in [3.63, 3.8) is 0 Å². The van der Waals surface area contributed by atoms with Gasteiger partial charge in [0.2, 0.25) is 5.13 Å². The van der Waals surface area contributed by atoms with E-state index in [-0.39, 0.29) is 22.7 Å². The smallest absolute Gasteiger partial charge is 0.219 e. The molecule has 1 aliphatic carbocycles. The van der Waals surface area contributed by atoms with Crippen LogP contribution in [0.5, 0.6) is 0 Å². The van der Waals surface area contributed by atoms with Crippen molar-refractivity contribution in [2.75, 3.05) is 4.90 Å². The molecule has 1 aliphatic heterocycles. The zero-order chi connectivity index (χ0) is 23.7. The Balaban J connectivity index is 1.55. The van der Waals surface area contributed by atoms with E-state index in [1.165, 1.54) is 23.0 Å². The molecule has 0 bridgehead atoms. The number of nitriles is 1. The van der Waals surface area contributed by atoms with Crippen LogP contribution in [0.15, 0.2) is 81.6 Å². The fraction of sp³-hybridized carbons (Fsp3) is 0.200. The molecule has 1 aromatic heterocycles. The number of rotatable bonds is 5. The van der Waals surface area contributed by atoms with E-state index < -0.39 is 11.7 Å². The number of anilines is 1. The predicted octanol–water partition coefficient (Wildman–Crippen LogP) is 5.27. The minimum absolute atomic E-state index is 0.0945. The summed E-state index contributed by atoms with van der Waals surface area (Å²) in [5.74, 6) is -0.485. The van der Waals surface area contributed by atoms with Crippen molar-refractivity contribution >= 4 is 34.0 Å². The first-order valence-electron chi connectivity index (χ1n) is 10.8. The van der Waals surface area contributed by atoms with E-state index in [1.54, 1.807) is 34.9 Å². The number of nitrogens with two attached hydrogens (primary N) is 1. The normalized spacial score (nSPS) is 18.2. The van der Waals surface area contributed by atoms with Crippen molar-refractivity contribution in [1.82, 2.24) is 10.2 Å². The fourth-order valence-corrected chi connectivity index (χ4v) is 6.23. The van der Waals surface area contributed by atoms with E-state index in [1.807, 2.05) is 30.3 Å². The lowest BCUT2D eigenvalue weighted by Gasteiger charge is -2.38. The van der Waals surface area contributed by atoms with E-state index in [9.17, 15) is 14.4 Å². The van der Waals surface area contributed by atoms with Crippen LogP contribution in [-0.2, 0) is 10.5 Å². The summed E-state index contributed by atoms with van der Waals surface area (Å²) in [6, 6.07) is 18.4. The lowest BCUT2D eigenvalue weighted by atomic mass is 9.75. The molecule has 2 N–H and O–H groups in total. The molecule has 2 heterocycles. The van der Waals surface area contributed by atoms with Gasteiger partial charge in [0.25, 0.3) is 0 Å². The molecule has 1 atom stereocenters. The van der Waals surface area contributed by atoms with Gasteiger partial charge in [-0.1, -0.05) is 71.6 Å². The highest BCUT2D eigenvalue weighted by atomic mass is 32.2. The van der Waals surface area contributed by atoms with Gasteiger partial charge in [-0.2, -0.15) is 5.26 Å². The maximum Gasteiger partial charge on any atom is 0.219 e. The Hall–Kier alpha value is -3.48. The standard InChI is InChI=1S/C25H20FN5OS2/c26-18-10-5-4-9-16(18)21-17(13-27)23(28)31(19-11-6-12-20(32)22(19)21)24-29-30-25(34-24)33-14-15-7-2-1-3-8-15/h1-5,7-10,21H,6,11-12,14,28H2. The second kappa shape index (κ2) is 9.41. The first-order valence-corrected chi connectivity index (χ1v) is 12.6. The van der Waals surface area contributed by atoms with Crippen LogP contribution >= 0.6 is 23.1 Å². The van der Waals surface area contributed by atoms with Crippen molar-refractivity contribution in [3.8, 4) is 6.07 Å². The summed E-state index contributed by atoms with van der Waals surface area (Å²) in [4.78, 5) is 14.8. The Labute approximate surface area is 204 Å². The number of nitrogens with zero attached hydrogens (tertiary/aromatic N) is 4. The zero-order valence-corrected chi connectivity index (χ0v) is 19.7. The number of allylic oxidation sites excluding steroid dienone is 3. The molecule has 0 saturated heterocycles. The summed E-state index contributed by atoms with van der Waals surface area (Å²) in [6.07, 6.45) is 1.59. The van der Waals surface area contributed by atoms with Gasteiger partial charge in [-0.3, -0.25) is 9.69 Å². The van der Waals surface area contributed by atoms with E-state index in [2.05, 4.69) is 16.3 Å². The SMILES string of the molecule is N#CC1=C(N)N(c2nnc(SCc3ccccc3)s2)C2=C(C(=O)CCC2)C1c1ccccc1F. The molecular formula is C25H20FN5OS2. The van der Waals surface area contributed by atoms with Crippen molar-refractivity contribution in [2.24, 2.45) is 5.73 Å². The van der Waals surface area contributed by atoms with Crippen LogP contribution in [0, 0.1) is 17.1 Å². The molecule has 2 aromatic carbocycles. The molecule has 0 fully saturated rings. The van der Waals surface area contributed by atoms with E-state index in [4.69, 9.17) is 5.73 Å². The monoisotopic (exact) mass is 489 g/mol. The Bertz CT molecular complexity index is 1360. The van der Waals surface area contributed by atoms with Gasteiger partial charge in [0.05, 0.1) is 17.6 Å². The number of carbonyl (C=O) groups is 1. The van der Waals surface area contributed by atoms with Gasteiger partial charge < -0.3 is 5.73 Å². The van der Waals surface area contributed by atoms with Crippen molar-refractivity contribution < 1.29 is 9.18 Å². The third-order valence-corrected chi connectivity index (χ3v) is 8.03. The van der Waals surface area contributed by atoms with Gasteiger partial charge in [0, 0.05) is 29.0 Å². The predicted molar refractivity (Wildman–Crippen MR) is 130 cm³/mol. The quantitative estimate of drug-likeness (QED) is 0.488. The summed E-state index contributed by atoms with van der Waals surface area (Å²) in [5.41, 5.74) is 9.22. The van der Waals surface area contributed by atoms with Crippen LogP contribution in [0.4, 0.5) is 9.52 Å². The second-order valence-electron chi connectivity index (χ2n) is 7.96. The summed E-state index contributed by atoms with van der Waals surface area (Å²) in [6.45, 7) is 0. The molecule has 9 heteroatoms. The Morgan fingerprint density at radius 2 is 1.91 bits per heavy atom. The van der Waals surface area contributed by atoms with E-state index in [0.29, 0.717) is 35.7 Å². The van der Waals surface area contributed by atoms with Crippen molar-refractivity contribution in [1.29, 1.82) is 5.26 Å². The highest BCUT2D eigenvalue weighted by Gasteiger charge is 2.42. The van der Waals surface area contributed by atoms with Crippen LogP contribution < -0.4 is 10.6 Å². The first-order chi connectivity index (χ1) is 16.6. The lowest BCUT2D eigenvalue weighted by molar-refractivity contribution is -0.116. The molecule has 0 spiro atoms. The van der Waals surface area contributed by atoms with Crippen LogP contribution in [-0.4, -0.2) is 16.0 Å². The molecule has 0 amide bonds. The molecule has 0 saturated carbocycles. The van der Waals surface area contributed by atoms with Gasteiger partial charge in [-0.25, -0.2) is 4.39 Å². The van der Waals surface area contributed by atoms with E-state index >= 15 is 0 Å². The van der Waals surface area contributed by atoms with Gasteiger partial charge in [-0.05, 0) is 24.5 Å². The van der Waals surface area contributed by atoms with Crippen LogP contribution in [0.3, 0.4) is 0 Å². The van der Waals surface area contributed by atoms with Crippen molar-refractivity contribution in [2.45, 2.75) is 35.3 Å². The number of hydrogen-bond donors (Lipinski definition) is 1. The molecular weight excluding hydrogens is 469 g/mol. The summed E-state index contributed by atoms with van der Waals surface area (Å²) < 4.78 is 15.6. The Morgan fingerprint density at radius 3 is 2.68 bits per heavy atom. The van der Waals surface area contributed by atoms with Crippen LogP contribution in [0.1, 0.15) is 36.3 Å². The number of thioether (sulfide) groups is 1. The Kier molecular flexibility index (Phi) is 6.18. The van der Waals surface area contributed by atoms with Crippen LogP contribution in [0.25, 0.3) is 0 Å². The number of ketones is 1. The lowest BCUT2D eigenvalue weighted by Crippen LogP contribution is -2.38. The minimum Gasteiger partial charge on any atom is -0.384 e. The van der Waals surface area contributed by atoms with Crippen molar-refractivity contribution in [3.05, 3.63) is 94.2 Å². The molecule has 34 heavy (non-hydrogen) atoms. The first kappa shape index (κ1) is 22.3. The number of halogens is 1. The molecule has 6 nitrogen and oxygen atoms in total. The average Bonchev–Trinajstić information content (AvgIpc) is 3.32. The summed E-state index contributed by atoms with van der Waals surface area (Å²) >= 11 is 2.91. The number of hydrogen-bond acceptors (Lipinski definition) is 8. The molecule has 1 unspecified atom stereocenters. The third-order valence-electron chi connectivity index (χ3n) is 5.92. The number of carbonyl (C=O) groups excluding carboxylic acids is 1. The average molecular weight is 490 g/mol. The number of benzene rings is 2. The highest BCUT2D eigenvalue weighted by Crippen LogP contribution is 2.47. The maximum absolute atomic E-state index is 14.8. The molecule has 170 valence electrons. The highest BCUT2D eigenvalue weighted by molar-refractivity contribution is 8.00. The van der Waals surface area contributed by atoms with E-state index in [0.717, 1.165) is 10.1 Å². The summed E-state index contributed by atoms with van der Waals surface area (Å²) in [5, 5.41) is 19.2. The molecule has 2 aliphatic rings. The van der Waals surface area contributed by atoms with Gasteiger partial charge in [0.1, 0.15) is 11.6 Å². The van der Waals surface area contributed by atoms with Gasteiger partial charge in [-0.15, -0.1) is 10.2 Å². The second-order valence-corrected chi connectivity index (χ2v) is 10.1. The number of Topliss-reactive ketones (excluding diaryl/α,β-unsaturated/α-hetero) is 1. The summed E-state index contributed by atoms with van der Waals surface area (Å²) in [7, 11) is 0. The zero-order valence-electron chi connectivity index (χ0n) is 18.1.